The van der Waals surface area contributed by atoms with Crippen LogP contribution in [0, 0.1) is 0 Å². The van der Waals surface area contributed by atoms with Crippen molar-refractivity contribution in [2.24, 2.45) is 0 Å². The molecule has 1 aromatic rings. The Balaban J connectivity index is 2.07. The van der Waals surface area contributed by atoms with Gasteiger partial charge in [-0.15, -0.1) is 11.6 Å². The zero-order valence-electron chi connectivity index (χ0n) is 13.2. The summed E-state index contributed by atoms with van der Waals surface area (Å²) < 4.78 is 5.25. The van der Waals surface area contributed by atoms with Gasteiger partial charge in [0.15, 0.2) is 5.82 Å². The highest BCUT2D eigenvalue weighted by Gasteiger charge is 2.32. The molecule has 2 amide bonds. The summed E-state index contributed by atoms with van der Waals surface area (Å²) in [6.07, 6.45) is 2.44. The number of aromatic nitrogens is 1. The number of alkyl halides is 1. The highest BCUT2D eigenvalue weighted by Crippen LogP contribution is 2.25. The van der Waals surface area contributed by atoms with Gasteiger partial charge in [-0.2, -0.15) is 0 Å². The lowest BCUT2D eigenvalue weighted by molar-refractivity contribution is -0.138. The van der Waals surface area contributed by atoms with Gasteiger partial charge < -0.3 is 14.7 Å². The van der Waals surface area contributed by atoms with Crippen molar-refractivity contribution in [2.45, 2.75) is 51.5 Å². The summed E-state index contributed by atoms with van der Waals surface area (Å²) in [5.74, 6) is 0.505. The molecule has 1 aromatic heterocycles. The number of amides is 2. The van der Waals surface area contributed by atoms with Crippen LogP contribution in [-0.4, -0.2) is 40.3 Å². The number of carbonyl (C=O) groups is 2. The Morgan fingerprint density at radius 2 is 2.18 bits per heavy atom. The fraction of sp³-hybridized carbons (Fsp3) is 0.667. The molecule has 22 heavy (non-hydrogen) atoms. The molecule has 1 aliphatic heterocycles. The molecule has 6 nitrogen and oxygen atoms in total. The quantitative estimate of drug-likeness (QED) is 0.866. The second-order valence-electron chi connectivity index (χ2n) is 6.55. The van der Waals surface area contributed by atoms with Crippen molar-refractivity contribution in [3.05, 3.63) is 11.8 Å². The number of carbonyl (C=O) groups excluding carboxylic acids is 2. The average molecular weight is 328 g/mol. The van der Waals surface area contributed by atoms with E-state index in [0.717, 1.165) is 12.8 Å². The van der Waals surface area contributed by atoms with Gasteiger partial charge in [0.05, 0.1) is 0 Å². The predicted octanol–water partition coefficient (Wildman–Crippen LogP) is 2.53. The predicted molar refractivity (Wildman–Crippen MR) is 83.9 cm³/mol. The Kier molecular flexibility index (Phi) is 5.11. The number of halogens is 1. The zero-order valence-corrected chi connectivity index (χ0v) is 13.9. The van der Waals surface area contributed by atoms with Crippen LogP contribution in [-0.2, 0) is 15.0 Å². The standard InChI is InChI=1S/C15H22ClN3O3/c1-15(2,3)11-8-12(18-22-11)17-14(21)10-6-4-5-7-19(10)13(20)9-16/h8,10H,4-7,9H2,1-3H3,(H,17,18,21)/t10-/m0/s1. The van der Waals surface area contributed by atoms with Gasteiger partial charge in [0.1, 0.15) is 17.7 Å². The first kappa shape index (κ1) is 16.8. The summed E-state index contributed by atoms with van der Waals surface area (Å²) in [6, 6.07) is 1.23. The largest absolute Gasteiger partial charge is 0.359 e. The van der Waals surface area contributed by atoms with E-state index in [-0.39, 0.29) is 23.1 Å². The van der Waals surface area contributed by atoms with Crippen LogP contribution in [0.25, 0.3) is 0 Å². The number of nitrogens with zero attached hydrogens (tertiary/aromatic N) is 2. The van der Waals surface area contributed by atoms with E-state index >= 15 is 0 Å². The van der Waals surface area contributed by atoms with Crippen LogP contribution in [0.4, 0.5) is 5.82 Å². The van der Waals surface area contributed by atoms with Crippen LogP contribution >= 0.6 is 11.6 Å². The highest BCUT2D eigenvalue weighted by atomic mass is 35.5. The van der Waals surface area contributed by atoms with E-state index in [1.165, 1.54) is 0 Å². The van der Waals surface area contributed by atoms with E-state index in [2.05, 4.69) is 10.5 Å². The first-order valence-corrected chi connectivity index (χ1v) is 8.00. The third-order valence-corrected chi connectivity index (χ3v) is 3.97. The van der Waals surface area contributed by atoms with Crippen LogP contribution in [0.1, 0.15) is 45.8 Å². The first-order valence-electron chi connectivity index (χ1n) is 7.46. The topological polar surface area (TPSA) is 75.4 Å². The lowest BCUT2D eigenvalue weighted by atomic mass is 9.93. The molecule has 0 aromatic carbocycles. The van der Waals surface area contributed by atoms with Crippen LogP contribution < -0.4 is 5.32 Å². The summed E-state index contributed by atoms with van der Waals surface area (Å²) >= 11 is 5.62. The molecule has 0 aliphatic carbocycles. The molecule has 7 heteroatoms. The molecule has 1 atom stereocenters. The summed E-state index contributed by atoms with van der Waals surface area (Å²) in [5, 5.41) is 6.60. The first-order chi connectivity index (χ1) is 10.3. The van der Waals surface area contributed by atoms with Gasteiger partial charge in [-0.1, -0.05) is 25.9 Å². The van der Waals surface area contributed by atoms with E-state index in [1.54, 1.807) is 11.0 Å². The Labute approximate surface area is 135 Å². The van der Waals surface area contributed by atoms with Crippen molar-refractivity contribution in [3.63, 3.8) is 0 Å². The summed E-state index contributed by atoms with van der Waals surface area (Å²) in [6.45, 7) is 6.57. The fourth-order valence-electron chi connectivity index (χ4n) is 2.48. The van der Waals surface area contributed by atoms with Crippen LogP contribution in [0.15, 0.2) is 10.6 Å². The number of anilines is 1. The summed E-state index contributed by atoms with van der Waals surface area (Å²) in [7, 11) is 0. The molecule has 1 saturated heterocycles. The number of nitrogens with one attached hydrogen (secondary N) is 1. The van der Waals surface area contributed by atoms with Crippen molar-refractivity contribution >= 4 is 29.2 Å². The van der Waals surface area contributed by atoms with Crippen molar-refractivity contribution in [3.8, 4) is 0 Å². The zero-order chi connectivity index (χ0) is 16.3. The number of likely N-dealkylation sites (tertiary alicyclic amines) is 1. The maximum atomic E-state index is 12.4. The number of piperidine rings is 1. The maximum Gasteiger partial charge on any atom is 0.248 e. The number of hydrogen-bond donors (Lipinski definition) is 1. The molecule has 1 N–H and O–H groups in total. The molecule has 0 bridgehead atoms. The Morgan fingerprint density at radius 1 is 1.45 bits per heavy atom. The minimum Gasteiger partial charge on any atom is -0.359 e. The van der Waals surface area contributed by atoms with Crippen molar-refractivity contribution in [1.29, 1.82) is 0 Å². The third kappa shape index (κ3) is 3.80. The van der Waals surface area contributed by atoms with Gasteiger partial charge in [0, 0.05) is 18.0 Å². The molecule has 0 unspecified atom stereocenters. The minimum atomic E-state index is -0.491. The van der Waals surface area contributed by atoms with Gasteiger partial charge in [-0.3, -0.25) is 9.59 Å². The lowest BCUT2D eigenvalue weighted by Crippen LogP contribution is -2.50. The highest BCUT2D eigenvalue weighted by molar-refractivity contribution is 6.27. The summed E-state index contributed by atoms with van der Waals surface area (Å²) in [5.41, 5.74) is -0.179. The monoisotopic (exact) mass is 327 g/mol. The third-order valence-electron chi connectivity index (χ3n) is 3.74. The number of hydrogen-bond acceptors (Lipinski definition) is 4. The average Bonchev–Trinajstić information content (AvgIpc) is 2.95. The molecule has 0 spiro atoms. The molecule has 122 valence electrons. The molecule has 1 aliphatic rings. The molecule has 2 rings (SSSR count). The van der Waals surface area contributed by atoms with Crippen LogP contribution in [0.2, 0.25) is 0 Å². The van der Waals surface area contributed by atoms with Gasteiger partial charge in [0.25, 0.3) is 0 Å². The molecular formula is C15H22ClN3O3. The van der Waals surface area contributed by atoms with Crippen LogP contribution in [0.5, 0.6) is 0 Å². The van der Waals surface area contributed by atoms with E-state index in [1.807, 2.05) is 20.8 Å². The Morgan fingerprint density at radius 3 is 2.77 bits per heavy atom. The molecular weight excluding hydrogens is 306 g/mol. The van der Waals surface area contributed by atoms with Crippen molar-refractivity contribution < 1.29 is 14.1 Å². The van der Waals surface area contributed by atoms with Crippen molar-refractivity contribution in [1.82, 2.24) is 10.1 Å². The summed E-state index contributed by atoms with van der Waals surface area (Å²) in [4.78, 5) is 25.8. The van der Waals surface area contributed by atoms with E-state index in [0.29, 0.717) is 24.5 Å². The SMILES string of the molecule is CC(C)(C)c1cc(NC(=O)[C@@H]2CCCCN2C(=O)CCl)no1. The molecule has 0 radical (unpaired) electrons. The minimum absolute atomic E-state index is 0.109. The maximum absolute atomic E-state index is 12.4. The molecule has 1 fully saturated rings. The van der Waals surface area contributed by atoms with Crippen LogP contribution in [0.3, 0.4) is 0 Å². The lowest BCUT2D eigenvalue weighted by Gasteiger charge is -2.34. The smallest absolute Gasteiger partial charge is 0.248 e. The fourth-order valence-corrected chi connectivity index (χ4v) is 2.63. The number of rotatable bonds is 3. The molecule has 0 saturated carbocycles. The second-order valence-corrected chi connectivity index (χ2v) is 6.82. The van der Waals surface area contributed by atoms with Gasteiger partial charge in [-0.25, -0.2) is 0 Å². The normalized spacial score (nSPS) is 19.1. The van der Waals surface area contributed by atoms with Gasteiger partial charge >= 0.3 is 0 Å². The molecule has 2 heterocycles. The van der Waals surface area contributed by atoms with Gasteiger partial charge in [-0.05, 0) is 19.3 Å². The van der Waals surface area contributed by atoms with E-state index in [4.69, 9.17) is 16.1 Å². The van der Waals surface area contributed by atoms with Crippen molar-refractivity contribution in [2.75, 3.05) is 17.7 Å². The van der Waals surface area contributed by atoms with E-state index in [9.17, 15) is 9.59 Å². The van der Waals surface area contributed by atoms with Gasteiger partial charge in [0.2, 0.25) is 11.8 Å². The second kappa shape index (κ2) is 6.69. The Hall–Kier alpha value is -1.56. The van der Waals surface area contributed by atoms with E-state index < -0.39 is 6.04 Å². The Bertz CT molecular complexity index is 550.